The summed E-state index contributed by atoms with van der Waals surface area (Å²) in [6, 6.07) is 0. The van der Waals surface area contributed by atoms with Crippen LogP contribution in [0.3, 0.4) is 0 Å². The third kappa shape index (κ3) is 6.78. The van der Waals surface area contributed by atoms with Crippen molar-refractivity contribution >= 4 is 6.09 Å². The lowest BCUT2D eigenvalue weighted by Gasteiger charge is -2.32. The molecule has 0 spiro atoms. The highest BCUT2D eigenvalue weighted by molar-refractivity contribution is 5.68. The second kappa shape index (κ2) is 9.11. The molecule has 0 heterocycles. The summed E-state index contributed by atoms with van der Waals surface area (Å²) >= 11 is 0. The van der Waals surface area contributed by atoms with Crippen molar-refractivity contribution in [2.75, 3.05) is 13.1 Å². The maximum absolute atomic E-state index is 12.1. The van der Waals surface area contributed by atoms with Crippen LogP contribution in [0.2, 0.25) is 0 Å². The van der Waals surface area contributed by atoms with Gasteiger partial charge in [0.25, 0.3) is 0 Å². The number of hydrogen-bond donors (Lipinski definition) is 1. The van der Waals surface area contributed by atoms with Crippen molar-refractivity contribution in [1.82, 2.24) is 4.90 Å². The Bertz CT molecular complexity index is 426. The first-order valence-electron chi connectivity index (χ1n) is 8.48. The lowest BCUT2D eigenvalue weighted by atomic mass is 9.83. The molecule has 0 radical (unpaired) electrons. The molecular weight excluding hydrogens is 290 g/mol. The van der Waals surface area contributed by atoms with Crippen LogP contribution >= 0.6 is 0 Å². The van der Waals surface area contributed by atoms with E-state index < -0.39 is 11.2 Å². The maximum atomic E-state index is 12.1. The molecule has 0 unspecified atom stereocenters. The SMILES string of the molecule is C/C=C(\C)C(O)(CCCN(CC)C(=O)OC(C)(C)C)/C(C)=C/C. The van der Waals surface area contributed by atoms with Crippen molar-refractivity contribution in [1.29, 1.82) is 0 Å². The molecule has 0 rings (SSSR count). The zero-order valence-corrected chi connectivity index (χ0v) is 16.2. The number of rotatable bonds is 7. The third-order valence-corrected chi connectivity index (χ3v) is 4.17. The van der Waals surface area contributed by atoms with E-state index in [4.69, 9.17) is 4.74 Å². The second-order valence-electron chi connectivity index (χ2n) is 6.97. The van der Waals surface area contributed by atoms with E-state index in [0.717, 1.165) is 11.1 Å². The standard InChI is InChI=1S/C19H35NO3/c1-9-15(4)19(22,16(5)10-2)13-12-14-20(11-3)17(21)23-18(6,7)8/h9-10,22H,11-14H2,1-8H3/b15-9+,16-10+. The lowest BCUT2D eigenvalue weighted by molar-refractivity contribution is 0.0240. The molecule has 0 saturated heterocycles. The number of hydrogen-bond acceptors (Lipinski definition) is 3. The summed E-state index contributed by atoms with van der Waals surface area (Å²) < 4.78 is 5.41. The molecule has 0 aliphatic rings. The first kappa shape index (κ1) is 21.7. The molecule has 0 aromatic heterocycles. The maximum Gasteiger partial charge on any atom is 0.410 e. The molecule has 4 heteroatoms. The number of carbonyl (C=O) groups excluding carboxylic acids is 1. The van der Waals surface area contributed by atoms with Gasteiger partial charge in [0, 0.05) is 13.1 Å². The Hall–Kier alpha value is -1.29. The van der Waals surface area contributed by atoms with Gasteiger partial charge in [-0.1, -0.05) is 12.2 Å². The van der Waals surface area contributed by atoms with Crippen molar-refractivity contribution in [3.05, 3.63) is 23.3 Å². The van der Waals surface area contributed by atoms with E-state index in [1.165, 1.54) is 0 Å². The number of allylic oxidation sites excluding steroid dienone is 2. The van der Waals surface area contributed by atoms with Gasteiger partial charge >= 0.3 is 6.09 Å². The fraction of sp³-hybridized carbons (Fsp3) is 0.737. The van der Waals surface area contributed by atoms with Crippen molar-refractivity contribution in [3.63, 3.8) is 0 Å². The molecule has 1 N–H and O–H groups in total. The summed E-state index contributed by atoms with van der Waals surface area (Å²) in [6.07, 6.45) is 4.88. The van der Waals surface area contributed by atoms with E-state index in [2.05, 4.69) is 0 Å². The fourth-order valence-electron chi connectivity index (χ4n) is 2.41. The van der Waals surface area contributed by atoms with Gasteiger partial charge in [0.1, 0.15) is 11.2 Å². The first-order valence-corrected chi connectivity index (χ1v) is 8.48. The van der Waals surface area contributed by atoms with Crippen molar-refractivity contribution in [2.45, 2.75) is 79.4 Å². The molecule has 0 atom stereocenters. The summed E-state index contributed by atoms with van der Waals surface area (Å²) in [4.78, 5) is 13.8. The van der Waals surface area contributed by atoms with Crippen LogP contribution in [-0.4, -0.2) is 40.4 Å². The zero-order chi connectivity index (χ0) is 18.3. The number of ether oxygens (including phenoxy) is 1. The van der Waals surface area contributed by atoms with E-state index in [1.54, 1.807) is 4.90 Å². The highest BCUT2D eigenvalue weighted by atomic mass is 16.6. The second-order valence-corrected chi connectivity index (χ2v) is 6.97. The van der Waals surface area contributed by atoms with Crippen LogP contribution < -0.4 is 0 Å². The van der Waals surface area contributed by atoms with E-state index in [-0.39, 0.29) is 6.09 Å². The Morgan fingerprint density at radius 3 is 1.96 bits per heavy atom. The lowest BCUT2D eigenvalue weighted by Crippen LogP contribution is -2.38. The van der Waals surface area contributed by atoms with Crippen molar-refractivity contribution in [2.24, 2.45) is 0 Å². The van der Waals surface area contributed by atoms with Crippen LogP contribution in [-0.2, 0) is 4.74 Å². The first-order chi connectivity index (χ1) is 10.5. The van der Waals surface area contributed by atoms with Gasteiger partial charge < -0.3 is 14.7 Å². The van der Waals surface area contributed by atoms with Gasteiger partial charge in [-0.2, -0.15) is 0 Å². The monoisotopic (exact) mass is 325 g/mol. The molecule has 23 heavy (non-hydrogen) atoms. The topological polar surface area (TPSA) is 49.8 Å². The average molecular weight is 325 g/mol. The van der Waals surface area contributed by atoms with Gasteiger partial charge in [-0.15, -0.1) is 0 Å². The predicted octanol–water partition coefficient (Wildman–Crippen LogP) is 4.69. The Labute approximate surface area is 142 Å². The average Bonchev–Trinajstić information content (AvgIpc) is 2.47. The van der Waals surface area contributed by atoms with E-state index in [9.17, 15) is 9.90 Å². The van der Waals surface area contributed by atoms with Gasteiger partial charge in [-0.05, 0) is 79.4 Å². The van der Waals surface area contributed by atoms with Crippen LogP contribution in [0, 0.1) is 0 Å². The molecule has 0 fully saturated rings. The van der Waals surface area contributed by atoms with E-state index >= 15 is 0 Å². The van der Waals surface area contributed by atoms with Crippen molar-refractivity contribution < 1.29 is 14.6 Å². The van der Waals surface area contributed by atoms with Gasteiger partial charge in [0.15, 0.2) is 0 Å². The van der Waals surface area contributed by atoms with Gasteiger partial charge in [0.05, 0.1) is 0 Å². The Balaban J connectivity index is 4.84. The zero-order valence-electron chi connectivity index (χ0n) is 16.2. The number of nitrogens with zero attached hydrogens (tertiary/aromatic N) is 1. The molecule has 0 aliphatic carbocycles. The summed E-state index contributed by atoms with van der Waals surface area (Å²) in [5.74, 6) is 0. The van der Waals surface area contributed by atoms with Gasteiger partial charge in [-0.3, -0.25) is 0 Å². The number of amides is 1. The summed E-state index contributed by atoms with van der Waals surface area (Å²) in [7, 11) is 0. The minimum Gasteiger partial charge on any atom is -0.444 e. The fourth-order valence-corrected chi connectivity index (χ4v) is 2.41. The third-order valence-electron chi connectivity index (χ3n) is 4.17. The summed E-state index contributed by atoms with van der Waals surface area (Å²) in [5.41, 5.74) is 0.451. The molecular formula is C19H35NO3. The largest absolute Gasteiger partial charge is 0.444 e. The molecule has 1 amide bonds. The molecule has 0 saturated carbocycles. The smallest absolute Gasteiger partial charge is 0.410 e. The van der Waals surface area contributed by atoms with Crippen molar-refractivity contribution in [3.8, 4) is 0 Å². The van der Waals surface area contributed by atoms with Crippen LogP contribution in [0.1, 0.15) is 68.2 Å². The summed E-state index contributed by atoms with van der Waals surface area (Å²) in [5, 5.41) is 11.0. The van der Waals surface area contributed by atoms with Crippen LogP contribution in [0.15, 0.2) is 23.3 Å². The molecule has 0 aliphatic heterocycles. The highest BCUT2D eigenvalue weighted by Gasteiger charge is 2.30. The Kier molecular flexibility index (Phi) is 8.60. The minimum absolute atomic E-state index is 0.297. The van der Waals surface area contributed by atoms with Crippen LogP contribution in [0.5, 0.6) is 0 Å². The Morgan fingerprint density at radius 2 is 1.61 bits per heavy atom. The van der Waals surface area contributed by atoms with E-state index in [1.807, 2.05) is 67.5 Å². The molecule has 134 valence electrons. The Morgan fingerprint density at radius 1 is 1.13 bits per heavy atom. The summed E-state index contributed by atoms with van der Waals surface area (Å²) in [6.45, 7) is 16.4. The molecule has 0 aromatic rings. The number of aliphatic hydroxyl groups is 1. The molecule has 0 aromatic carbocycles. The molecule has 4 nitrogen and oxygen atoms in total. The highest BCUT2D eigenvalue weighted by Crippen LogP contribution is 2.30. The van der Waals surface area contributed by atoms with Crippen LogP contribution in [0.25, 0.3) is 0 Å². The van der Waals surface area contributed by atoms with E-state index in [0.29, 0.717) is 25.9 Å². The predicted molar refractivity (Wildman–Crippen MR) is 96.5 cm³/mol. The van der Waals surface area contributed by atoms with Gasteiger partial charge in [0.2, 0.25) is 0 Å². The number of carbonyl (C=O) groups is 1. The quantitative estimate of drug-likeness (QED) is 0.691. The minimum atomic E-state index is -0.934. The van der Waals surface area contributed by atoms with Crippen LogP contribution in [0.4, 0.5) is 4.79 Å². The normalized spacial score (nSPS) is 16.0. The molecule has 0 bridgehead atoms. The van der Waals surface area contributed by atoms with Gasteiger partial charge in [-0.25, -0.2) is 4.79 Å².